The number of nitrogens with zero attached hydrogens (tertiary/aromatic N) is 2. The lowest BCUT2D eigenvalue weighted by atomic mass is 10.1. The molecular weight excluding hydrogens is 332 g/mol. The Labute approximate surface area is 140 Å². The summed E-state index contributed by atoms with van der Waals surface area (Å²) in [7, 11) is -3.38. The lowest BCUT2D eigenvalue weighted by Crippen LogP contribution is -2.48. The quantitative estimate of drug-likeness (QED) is 0.764. The number of carbonyl (C=O) groups is 2. The molecule has 1 aromatic rings. The van der Waals surface area contributed by atoms with Gasteiger partial charge < -0.3 is 14.5 Å². The largest absolute Gasteiger partial charge is 0.351 e. The van der Waals surface area contributed by atoms with Crippen molar-refractivity contribution < 1.29 is 22.7 Å². The fourth-order valence-corrected chi connectivity index (χ4v) is 4.73. The van der Waals surface area contributed by atoms with Gasteiger partial charge in [0.2, 0.25) is 5.91 Å². The number of carbonyl (C=O) groups excluding carboxylic acids is 2. The average Bonchev–Trinajstić information content (AvgIpc) is 3.17. The average molecular weight is 350 g/mol. The van der Waals surface area contributed by atoms with Crippen LogP contribution in [0, 0.1) is 0 Å². The van der Waals surface area contributed by atoms with Gasteiger partial charge in [-0.25, -0.2) is 8.42 Å². The molecule has 4 rings (SSSR count). The Kier molecular flexibility index (Phi) is 3.27. The molecule has 3 aliphatic heterocycles. The number of benzene rings is 1. The monoisotopic (exact) mass is 350 g/mol. The third-order valence-electron chi connectivity index (χ3n) is 5.17. The fourth-order valence-electron chi connectivity index (χ4n) is 4.06. The van der Waals surface area contributed by atoms with Crippen molar-refractivity contribution >= 4 is 21.7 Å². The minimum atomic E-state index is -3.38. The maximum atomic E-state index is 12.9. The number of amides is 2. The molecule has 3 aliphatic rings. The second-order valence-corrected chi connectivity index (χ2v) is 8.52. The first kappa shape index (κ1) is 15.6. The molecule has 3 heterocycles. The first-order chi connectivity index (χ1) is 11.3. The van der Waals surface area contributed by atoms with E-state index in [-0.39, 0.29) is 29.2 Å². The van der Waals surface area contributed by atoms with Gasteiger partial charge >= 0.3 is 0 Å². The van der Waals surface area contributed by atoms with E-state index in [1.54, 1.807) is 21.9 Å². The molecule has 24 heavy (non-hydrogen) atoms. The van der Waals surface area contributed by atoms with Crippen LogP contribution in [-0.2, 0) is 19.4 Å². The number of hydrogen-bond donors (Lipinski definition) is 0. The van der Waals surface area contributed by atoms with Crippen LogP contribution in [0.4, 0.5) is 0 Å². The van der Waals surface area contributed by atoms with Gasteiger partial charge in [0.15, 0.2) is 15.6 Å². The zero-order chi connectivity index (χ0) is 17.1. The standard InChI is InChI=1S/C16H18N2O5S/c1-24(21,22)12-4-2-3-11(9-12)15(20)17-6-5-16-13(17)10-14(19)18(16)7-8-23-16/h2-4,9,13H,5-8,10H2,1H3/t13-,16+/m1/s1. The molecule has 0 aliphatic carbocycles. The van der Waals surface area contributed by atoms with Crippen molar-refractivity contribution in [3.05, 3.63) is 29.8 Å². The van der Waals surface area contributed by atoms with Gasteiger partial charge in [-0.3, -0.25) is 9.59 Å². The molecule has 0 radical (unpaired) electrons. The summed E-state index contributed by atoms with van der Waals surface area (Å²) in [6, 6.07) is 5.73. The Morgan fingerprint density at radius 3 is 2.88 bits per heavy atom. The highest BCUT2D eigenvalue weighted by atomic mass is 32.2. The Balaban J connectivity index is 1.66. The van der Waals surface area contributed by atoms with E-state index in [4.69, 9.17) is 4.74 Å². The summed E-state index contributed by atoms with van der Waals surface area (Å²) >= 11 is 0. The van der Waals surface area contributed by atoms with E-state index in [0.717, 1.165) is 6.26 Å². The van der Waals surface area contributed by atoms with E-state index in [0.29, 0.717) is 31.7 Å². The molecule has 1 aromatic carbocycles. The maximum absolute atomic E-state index is 12.9. The molecule has 0 unspecified atom stereocenters. The van der Waals surface area contributed by atoms with Crippen molar-refractivity contribution in [2.45, 2.75) is 29.5 Å². The molecule has 0 aromatic heterocycles. The highest BCUT2D eigenvalue weighted by molar-refractivity contribution is 7.90. The van der Waals surface area contributed by atoms with Gasteiger partial charge in [-0.05, 0) is 18.2 Å². The van der Waals surface area contributed by atoms with Gasteiger partial charge in [-0.2, -0.15) is 0 Å². The van der Waals surface area contributed by atoms with Gasteiger partial charge in [0, 0.05) is 31.3 Å². The molecule has 8 heteroatoms. The van der Waals surface area contributed by atoms with Gasteiger partial charge in [0.1, 0.15) is 0 Å². The molecule has 3 saturated heterocycles. The SMILES string of the molecule is CS(=O)(=O)c1cccc(C(=O)N2CC[C@@]34OCCN3C(=O)C[C@@H]24)c1. The third kappa shape index (κ3) is 2.09. The van der Waals surface area contributed by atoms with Crippen LogP contribution in [0.5, 0.6) is 0 Å². The van der Waals surface area contributed by atoms with Gasteiger partial charge in [-0.1, -0.05) is 6.07 Å². The van der Waals surface area contributed by atoms with Crippen molar-refractivity contribution in [2.75, 3.05) is 26.0 Å². The van der Waals surface area contributed by atoms with Crippen LogP contribution in [-0.4, -0.2) is 67.8 Å². The van der Waals surface area contributed by atoms with Gasteiger partial charge in [0.25, 0.3) is 5.91 Å². The van der Waals surface area contributed by atoms with Crippen LogP contribution in [0.1, 0.15) is 23.2 Å². The number of hydrogen-bond acceptors (Lipinski definition) is 5. The van der Waals surface area contributed by atoms with Crippen LogP contribution in [0.3, 0.4) is 0 Å². The number of likely N-dealkylation sites (tertiary alicyclic amines) is 1. The molecule has 0 N–H and O–H groups in total. The Hall–Kier alpha value is -1.93. The number of rotatable bonds is 2. The minimum absolute atomic E-state index is 0.0138. The molecule has 3 fully saturated rings. The molecule has 128 valence electrons. The summed E-state index contributed by atoms with van der Waals surface area (Å²) in [5, 5.41) is 0. The van der Waals surface area contributed by atoms with Gasteiger partial charge in [0.05, 0.1) is 24.0 Å². The summed E-state index contributed by atoms with van der Waals surface area (Å²) in [6.07, 6.45) is 1.97. The normalized spacial score (nSPS) is 29.0. The first-order valence-electron chi connectivity index (χ1n) is 7.88. The van der Waals surface area contributed by atoms with Crippen LogP contribution in [0.2, 0.25) is 0 Å². The summed E-state index contributed by atoms with van der Waals surface area (Å²) in [6.45, 7) is 1.56. The Morgan fingerprint density at radius 2 is 2.12 bits per heavy atom. The lowest BCUT2D eigenvalue weighted by Gasteiger charge is -2.31. The molecule has 2 atom stereocenters. The van der Waals surface area contributed by atoms with Crippen molar-refractivity contribution in [3.63, 3.8) is 0 Å². The second kappa shape index (κ2) is 5.03. The fraction of sp³-hybridized carbons (Fsp3) is 0.500. The molecule has 0 saturated carbocycles. The Morgan fingerprint density at radius 1 is 1.33 bits per heavy atom. The minimum Gasteiger partial charge on any atom is -0.351 e. The van der Waals surface area contributed by atoms with E-state index in [9.17, 15) is 18.0 Å². The molecule has 0 bridgehead atoms. The lowest BCUT2D eigenvalue weighted by molar-refractivity contribution is -0.136. The predicted octanol–water partition coefficient (Wildman–Crippen LogP) is 0.263. The van der Waals surface area contributed by atoms with E-state index in [2.05, 4.69) is 0 Å². The van der Waals surface area contributed by atoms with E-state index >= 15 is 0 Å². The second-order valence-electron chi connectivity index (χ2n) is 6.51. The maximum Gasteiger partial charge on any atom is 0.254 e. The predicted molar refractivity (Wildman–Crippen MR) is 84.0 cm³/mol. The smallest absolute Gasteiger partial charge is 0.254 e. The van der Waals surface area contributed by atoms with Crippen LogP contribution in [0.15, 0.2) is 29.2 Å². The Bertz CT molecular complexity index is 837. The molecule has 2 amide bonds. The highest BCUT2D eigenvalue weighted by Crippen LogP contribution is 2.45. The van der Waals surface area contributed by atoms with E-state index in [1.807, 2.05) is 0 Å². The molecular formula is C16H18N2O5S. The summed E-state index contributed by atoms with van der Waals surface area (Å²) in [5.74, 6) is -0.243. The van der Waals surface area contributed by atoms with Crippen molar-refractivity contribution in [2.24, 2.45) is 0 Å². The van der Waals surface area contributed by atoms with Crippen LogP contribution in [0.25, 0.3) is 0 Å². The zero-order valence-corrected chi connectivity index (χ0v) is 14.1. The number of ether oxygens (including phenoxy) is 1. The van der Waals surface area contributed by atoms with Crippen molar-refractivity contribution in [1.82, 2.24) is 9.80 Å². The van der Waals surface area contributed by atoms with Crippen molar-refractivity contribution in [1.29, 1.82) is 0 Å². The van der Waals surface area contributed by atoms with E-state index in [1.165, 1.54) is 12.1 Å². The molecule has 7 nitrogen and oxygen atoms in total. The van der Waals surface area contributed by atoms with Gasteiger partial charge in [-0.15, -0.1) is 0 Å². The topological polar surface area (TPSA) is 84.0 Å². The third-order valence-corrected chi connectivity index (χ3v) is 6.28. The van der Waals surface area contributed by atoms with Crippen molar-refractivity contribution in [3.8, 4) is 0 Å². The van der Waals surface area contributed by atoms with Crippen LogP contribution < -0.4 is 0 Å². The highest BCUT2D eigenvalue weighted by Gasteiger charge is 2.62. The van der Waals surface area contributed by atoms with E-state index < -0.39 is 15.6 Å². The zero-order valence-electron chi connectivity index (χ0n) is 13.3. The summed E-state index contributed by atoms with van der Waals surface area (Å²) in [4.78, 5) is 28.6. The first-order valence-corrected chi connectivity index (χ1v) is 9.78. The number of sulfone groups is 1. The summed E-state index contributed by atoms with van der Waals surface area (Å²) in [5.41, 5.74) is -0.361. The van der Waals surface area contributed by atoms with Crippen LogP contribution >= 0.6 is 0 Å². The summed E-state index contributed by atoms with van der Waals surface area (Å²) < 4.78 is 29.3. The molecule has 1 spiro atoms.